The number of methoxy groups -OCH3 is 1. The number of anilines is 2. The van der Waals surface area contributed by atoms with E-state index in [4.69, 9.17) is 10.5 Å². The van der Waals surface area contributed by atoms with Crippen LogP contribution in [0.25, 0.3) is 0 Å². The number of nitrogens with one attached hydrogen (secondary N) is 2. The number of nitrogen functional groups attached to an aromatic ring is 1. The van der Waals surface area contributed by atoms with Gasteiger partial charge in [0.05, 0.1) is 11.4 Å². The number of carbonyl (C=O) groups excluding carboxylic acids is 2. The lowest BCUT2D eigenvalue weighted by Crippen LogP contribution is -2.36. The quantitative estimate of drug-likeness (QED) is 0.414. The number of hydrogen-bond donors (Lipinski definition) is 3. The van der Waals surface area contributed by atoms with Gasteiger partial charge >= 0.3 is 11.8 Å². The van der Waals surface area contributed by atoms with Crippen LogP contribution in [-0.4, -0.2) is 32.1 Å². The third kappa shape index (κ3) is 4.97. The molecule has 0 radical (unpaired) electrons. The summed E-state index contributed by atoms with van der Waals surface area (Å²) in [6.07, 6.45) is 0.655. The fraction of sp³-hybridized carbons (Fsp3) is 0.385. The van der Waals surface area contributed by atoms with Gasteiger partial charge in [-0.25, -0.2) is 0 Å². The molecule has 0 bridgehead atoms. The summed E-state index contributed by atoms with van der Waals surface area (Å²) in [5.41, 5.74) is 7.53. The van der Waals surface area contributed by atoms with Gasteiger partial charge in [-0.05, 0) is 31.0 Å². The van der Waals surface area contributed by atoms with Crippen molar-refractivity contribution in [2.24, 2.45) is 0 Å². The Labute approximate surface area is 112 Å². The van der Waals surface area contributed by atoms with Gasteiger partial charge in [-0.15, -0.1) is 0 Å². The van der Waals surface area contributed by atoms with Crippen molar-refractivity contribution in [2.75, 3.05) is 31.3 Å². The van der Waals surface area contributed by atoms with E-state index in [1.165, 1.54) is 0 Å². The second-order valence-corrected chi connectivity index (χ2v) is 4.15. The van der Waals surface area contributed by atoms with Crippen LogP contribution in [0.4, 0.5) is 11.4 Å². The Morgan fingerprint density at radius 2 is 2.05 bits per heavy atom. The van der Waals surface area contributed by atoms with E-state index in [1.54, 1.807) is 19.2 Å². The van der Waals surface area contributed by atoms with Gasteiger partial charge in [-0.1, -0.05) is 6.07 Å². The number of hydrogen-bond acceptors (Lipinski definition) is 4. The van der Waals surface area contributed by atoms with Crippen LogP contribution in [0.3, 0.4) is 0 Å². The van der Waals surface area contributed by atoms with E-state index in [1.807, 2.05) is 13.0 Å². The number of ether oxygens (including phenoxy) is 1. The maximum absolute atomic E-state index is 11.6. The second kappa shape index (κ2) is 7.38. The molecular formula is C13H19N3O3. The Morgan fingerprint density at radius 3 is 2.74 bits per heavy atom. The Bertz CT molecular complexity index is 460. The highest BCUT2D eigenvalue weighted by molar-refractivity contribution is 6.39. The first-order valence-electron chi connectivity index (χ1n) is 5.99. The first kappa shape index (κ1) is 15.0. The van der Waals surface area contributed by atoms with E-state index in [9.17, 15) is 9.59 Å². The summed E-state index contributed by atoms with van der Waals surface area (Å²) < 4.78 is 4.84. The molecule has 1 rings (SSSR count). The minimum absolute atomic E-state index is 0.392. The molecule has 0 saturated carbocycles. The van der Waals surface area contributed by atoms with E-state index in [2.05, 4.69) is 10.6 Å². The van der Waals surface area contributed by atoms with Crippen LogP contribution >= 0.6 is 0 Å². The Kier molecular flexibility index (Phi) is 5.81. The molecule has 6 heteroatoms. The van der Waals surface area contributed by atoms with Crippen LogP contribution in [0.5, 0.6) is 0 Å². The smallest absolute Gasteiger partial charge is 0.313 e. The van der Waals surface area contributed by atoms with Crippen LogP contribution in [0.2, 0.25) is 0 Å². The van der Waals surface area contributed by atoms with Crippen molar-refractivity contribution in [3.8, 4) is 0 Å². The number of carbonyl (C=O) groups is 2. The molecule has 6 nitrogen and oxygen atoms in total. The predicted molar refractivity (Wildman–Crippen MR) is 73.7 cm³/mol. The minimum atomic E-state index is -0.727. The maximum Gasteiger partial charge on any atom is 0.313 e. The van der Waals surface area contributed by atoms with Gasteiger partial charge in [-0.2, -0.15) is 0 Å². The Morgan fingerprint density at radius 1 is 1.32 bits per heavy atom. The largest absolute Gasteiger partial charge is 0.397 e. The van der Waals surface area contributed by atoms with Crippen molar-refractivity contribution >= 4 is 23.2 Å². The van der Waals surface area contributed by atoms with Crippen LogP contribution in [0, 0.1) is 6.92 Å². The molecule has 0 aliphatic heterocycles. The van der Waals surface area contributed by atoms with Gasteiger partial charge in [0.15, 0.2) is 0 Å². The molecule has 0 atom stereocenters. The predicted octanol–water partition coefficient (Wildman–Crippen LogP) is 0.668. The molecule has 1 aromatic carbocycles. The normalized spacial score (nSPS) is 10.0. The number of nitrogens with two attached hydrogens (primary N) is 1. The molecule has 1 aromatic rings. The topological polar surface area (TPSA) is 93.4 Å². The van der Waals surface area contributed by atoms with E-state index >= 15 is 0 Å². The summed E-state index contributed by atoms with van der Waals surface area (Å²) in [4.78, 5) is 23.1. The summed E-state index contributed by atoms with van der Waals surface area (Å²) in [5.74, 6) is -1.41. The van der Waals surface area contributed by atoms with Crippen LogP contribution in [-0.2, 0) is 14.3 Å². The van der Waals surface area contributed by atoms with Crippen LogP contribution in [0.15, 0.2) is 18.2 Å². The standard InChI is InChI=1S/C13H19N3O3/c1-9-4-5-10(14)11(8-9)16-13(18)12(17)15-6-3-7-19-2/h4-5,8H,3,6-7,14H2,1-2H3,(H,15,17)(H,16,18). The molecule has 0 spiro atoms. The number of benzene rings is 1. The Hall–Kier alpha value is -2.08. The molecule has 0 fully saturated rings. The lowest BCUT2D eigenvalue weighted by Gasteiger charge is -2.09. The lowest BCUT2D eigenvalue weighted by molar-refractivity contribution is -0.136. The Balaban J connectivity index is 2.49. The highest BCUT2D eigenvalue weighted by Gasteiger charge is 2.14. The molecule has 2 amide bonds. The van der Waals surface area contributed by atoms with Crippen molar-refractivity contribution in [3.05, 3.63) is 23.8 Å². The molecule has 0 saturated heterocycles. The average molecular weight is 265 g/mol. The fourth-order valence-corrected chi connectivity index (χ4v) is 1.46. The van der Waals surface area contributed by atoms with Crippen molar-refractivity contribution < 1.29 is 14.3 Å². The number of rotatable bonds is 5. The molecule has 0 heterocycles. The SMILES string of the molecule is COCCCNC(=O)C(=O)Nc1cc(C)ccc1N. The lowest BCUT2D eigenvalue weighted by atomic mass is 10.2. The average Bonchev–Trinajstić information content (AvgIpc) is 2.38. The summed E-state index contributed by atoms with van der Waals surface area (Å²) in [6, 6.07) is 5.22. The van der Waals surface area contributed by atoms with Crippen molar-refractivity contribution in [1.82, 2.24) is 5.32 Å². The zero-order valence-corrected chi connectivity index (χ0v) is 11.2. The van der Waals surface area contributed by atoms with E-state index in [-0.39, 0.29) is 0 Å². The zero-order chi connectivity index (χ0) is 14.3. The van der Waals surface area contributed by atoms with Crippen LogP contribution < -0.4 is 16.4 Å². The number of amides is 2. The summed E-state index contributed by atoms with van der Waals surface area (Å²) in [5, 5.41) is 4.98. The molecule has 104 valence electrons. The molecule has 0 aliphatic rings. The fourth-order valence-electron chi connectivity index (χ4n) is 1.46. The van der Waals surface area contributed by atoms with Gasteiger partial charge in [0.2, 0.25) is 0 Å². The third-order valence-corrected chi connectivity index (χ3v) is 2.47. The summed E-state index contributed by atoms with van der Waals surface area (Å²) in [7, 11) is 1.58. The second-order valence-electron chi connectivity index (χ2n) is 4.15. The molecule has 0 aliphatic carbocycles. The maximum atomic E-state index is 11.6. The molecular weight excluding hydrogens is 246 g/mol. The van der Waals surface area contributed by atoms with E-state index in [0.29, 0.717) is 30.9 Å². The molecule has 19 heavy (non-hydrogen) atoms. The third-order valence-electron chi connectivity index (χ3n) is 2.47. The molecule has 0 aromatic heterocycles. The van der Waals surface area contributed by atoms with Gasteiger partial charge in [0, 0.05) is 20.3 Å². The first-order valence-corrected chi connectivity index (χ1v) is 5.99. The monoisotopic (exact) mass is 265 g/mol. The molecule has 4 N–H and O–H groups in total. The van der Waals surface area contributed by atoms with Gasteiger partial charge in [0.25, 0.3) is 0 Å². The van der Waals surface area contributed by atoms with Gasteiger partial charge in [0.1, 0.15) is 0 Å². The highest BCUT2D eigenvalue weighted by Crippen LogP contribution is 2.19. The van der Waals surface area contributed by atoms with Crippen molar-refractivity contribution in [2.45, 2.75) is 13.3 Å². The first-order chi connectivity index (χ1) is 9.04. The van der Waals surface area contributed by atoms with Crippen LogP contribution in [0.1, 0.15) is 12.0 Å². The van der Waals surface area contributed by atoms with Gasteiger partial charge < -0.3 is 21.1 Å². The summed E-state index contributed by atoms with van der Waals surface area (Å²) >= 11 is 0. The zero-order valence-electron chi connectivity index (χ0n) is 11.2. The van der Waals surface area contributed by atoms with Crippen molar-refractivity contribution in [3.63, 3.8) is 0 Å². The van der Waals surface area contributed by atoms with E-state index < -0.39 is 11.8 Å². The van der Waals surface area contributed by atoms with Gasteiger partial charge in [-0.3, -0.25) is 9.59 Å². The number of aryl methyl sites for hydroxylation is 1. The van der Waals surface area contributed by atoms with Crippen molar-refractivity contribution in [1.29, 1.82) is 0 Å². The highest BCUT2D eigenvalue weighted by atomic mass is 16.5. The summed E-state index contributed by atoms with van der Waals surface area (Å²) in [6.45, 7) is 2.80. The van der Waals surface area contributed by atoms with E-state index in [0.717, 1.165) is 5.56 Å². The molecule has 0 unspecified atom stereocenters. The minimum Gasteiger partial charge on any atom is -0.397 e.